The standard InChI is InChI=1S/C19H26NO3P/c1-5-15-10-6-7-11-16(15)19(20(14(2)3)24(21)22)17-12-8-9-13-18(17)23-4/h6-14,19,21-22H,5H2,1-4H3. The zero-order chi connectivity index (χ0) is 17.7. The maximum Gasteiger partial charge on any atom is 0.254 e. The van der Waals surface area contributed by atoms with Crippen LogP contribution in [0.25, 0.3) is 0 Å². The molecule has 130 valence electrons. The van der Waals surface area contributed by atoms with Crippen LogP contribution in [0.5, 0.6) is 5.75 Å². The first-order valence-corrected chi connectivity index (χ1v) is 9.38. The van der Waals surface area contributed by atoms with Crippen LogP contribution in [0.15, 0.2) is 48.5 Å². The van der Waals surface area contributed by atoms with Gasteiger partial charge in [-0.2, -0.15) is 0 Å². The van der Waals surface area contributed by atoms with Crippen molar-refractivity contribution >= 4 is 8.53 Å². The number of nitrogens with zero attached hydrogens (tertiary/aromatic N) is 1. The minimum Gasteiger partial charge on any atom is -0.496 e. The molecule has 0 aliphatic carbocycles. The normalized spacial score (nSPS) is 12.9. The second-order valence-electron chi connectivity index (χ2n) is 5.94. The molecule has 0 fully saturated rings. The Morgan fingerprint density at radius 2 is 1.58 bits per heavy atom. The van der Waals surface area contributed by atoms with Crippen LogP contribution in [-0.4, -0.2) is 27.6 Å². The number of methoxy groups -OCH3 is 1. The minimum atomic E-state index is -2.25. The second kappa shape index (κ2) is 8.59. The van der Waals surface area contributed by atoms with E-state index in [1.807, 2.05) is 50.2 Å². The number of hydrogen-bond donors (Lipinski definition) is 2. The predicted octanol–water partition coefficient (Wildman–Crippen LogP) is 4.27. The van der Waals surface area contributed by atoms with E-state index in [0.29, 0.717) is 0 Å². The number of benzene rings is 2. The molecule has 0 amide bonds. The van der Waals surface area contributed by atoms with E-state index in [-0.39, 0.29) is 12.1 Å². The van der Waals surface area contributed by atoms with Crippen molar-refractivity contribution in [3.05, 3.63) is 65.2 Å². The molecule has 24 heavy (non-hydrogen) atoms. The molecule has 0 aliphatic rings. The van der Waals surface area contributed by atoms with Gasteiger partial charge in [0.2, 0.25) is 0 Å². The van der Waals surface area contributed by atoms with Crippen molar-refractivity contribution in [1.82, 2.24) is 4.67 Å². The van der Waals surface area contributed by atoms with Crippen molar-refractivity contribution < 1.29 is 14.5 Å². The first kappa shape index (κ1) is 18.9. The van der Waals surface area contributed by atoms with Gasteiger partial charge in [-0.3, -0.25) is 0 Å². The highest BCUT2D eigenvalue weighted by Gasteiger charge is 2.33. The van der Waals surface area contributed by atoms with E-state index in [9.17, 15) is 9.79 Å². The Hall–Kier alpha value is -1.45. The van der Waals surface area contributed by atoms with Crippen molar-refractivity contribution in [2.24, 2.45) is 0 Å². The number of rotatable bonds is 7. The van der Waals surface area contributed by atoms with Gasteiger partial charge in [0.25, 0.3) is 8.53 Å². The van der Waals surface area contributed by atoms with E-state index in [4.69, 9.17) is 4.74 Å². The Morgan fingerprint density at radius 3 is 2.12 bits per heavy atom. The summed E-state index contributed by atoms with van der Waals surface area (Å²) in [6, 6.07) is 15.6. The van der Waals surface area contributed by atoms with Gasteiger partial charge < -0.3 is 14.5 Å². The molecular weight excluding hydrogens is 321 g/mol. The Balaban J connectivity index is 2.70. The van der Waals surface area contributed by atoms with Crippen LogP contribution in [0.3, 0.4) is 0 Å². The first-order valence-electron chi connectivity index (χ1n) is 8.18. The summed E-state index contributed by atoms with van der Waals surface area (Å²) >= 11 is 0. The fourth-order valence-corrected chi connectivity index (χ4v) is 3.94. The van der Waals surface area contributed by atoms with Crippen molar-refractivity contribution in [2.75, 3.05) is 7.11 Å². The van der Waals surface area contributed by atoms with Gasteiger partial charge in [0.05, 0.1) is 13.2 Å². The van der Waals surface area contributed by atoms with E-state index in [0.717, 1.165) is 23.3 Å². The highest BCUT2D eigenvalue weighted by molar-refractivity contribution is 7.42. The van der Waals surface area contributed by atoms with Crippen LogP contribution in [0.2, 0.25) is 0 Å². The van der Waals surface area contributed by atoms with Crippen molar-refractivity contribution in [3.8, 4) is 5.75 Å². The Kier molecular flexibility index (Phi) is 6.76. The molecule has 0 radical (unpaired) electrons. The first-order chi connectivity index (χ1) is 11.5. The molecule has 2 aromatic rings. The van der Waals surface area contributed by atoms with Gasteiger partial charge in [-0.05, 0) is 37.5 Å². The van der Waals surface area contributed by atoms with Crippen LogP contribution in [0, 0.1) is 0 Å². The minimum absolute atomic E-state index is 0.0362. The highest BCUT2D eigenvalue weighted by Crippen LogP contribution is 2.47. The zero-order valence-electron chi connectivity index (χ0n) is 14.7. The van der Waals surface area contributed by atoms with E-state index in [1.54, 1.807) is 11.8 Å². The summed E-state index contributed by atoms with van der Waals surface area (Å²) in [6.07, 6.45) is 0.878. The van der Waals surface area contributed by atoms with Crippen LogP contribution < -0.4 is 4.74 Å². The molecule has 0 saturated heterocycles. The number of aryl methyl sites for hydroxylation is 1. The molecule has 2 N–H and O–H groups in total. The largest absolute Gasteiger partial charge is 0.496 e. The zero-order valence-corrected chi connectivity index (χ0v) is 15.6. The molecule has 2 rings (SSSR count). The van der Waals surface area contributed by atoms with E-state index in [1.165, 1.54) is 5.56 Å². The predicted molar refractivity (Wildman–Crippen MR) is 99.0 cm³/mol. The van der Waals surface area contributed by atoms with Crippen LogP contribution in [0.4, 0.5) is 0 Å². The number of hydrogen-bond acceptors (Lipinski definition) is 4. The summed E-state index contributed by atoms with van der Waals surface area (Å²) in [5.41, 5.74) is 3.20. The SMILES string of the molecule is CCc1ccccc1C(c1ccccc1OC)N(C(C)C)P(O)O. The van der Waals surface area contributed by atoms with Crippen LogP contribution >= 0.6 is 8.53 Å². The average Bonchev–Trinajstić information content (AvgIpc) is 2.58. The smallest absolute Gasteiger partial charge is 0.254 e. The highest BCUT2D eigenvalue weighted by atomic mass is 31.2. The Bertz CT molecular complexity index is 605. The van der Waals surface area contributed by atoms with E-state index < -0.39 is 8.53 Å². The lowest BCUT2D eigenvalue weighted by Crippen LogP contribution is -2.32. The topological polar surface area (TPSA) is 52.9 Å². The summed E-state index contributed by atoms with van der Waals surface area (Å²) in [7, 11) is -0.606. The molecule has 0 aromatic heterocycles. The molecule has 1 atom stereocenters. The van der Waals surface area contributed by atoms with E-state index in [2.05, 4.69) is 19.1 Å². The third kappa shape index (κ3) is 3.96. The van der Waals surface area contributed by atoms with Gasteiger partial charge in [-0.15, -0.1) is 0 Å². The Labute approximate surface area is 145 Å². The molecule has 4 nitrogen and oxygen atoms in total. The lowest BCUT2D eigenvalue weighted by atomic mass is 9.92. The summed E-state index contributed by atoms with van der Waals surface area (Å²) in [5, 5.41) is 0. The molecule has 0 aliphatic heterocycles. The van der Waals surface area contributed by atoms with E-state index >= 15 is 0 Å². The van der Waals surface area contributed by atoms with Gasteiger partial charge in [-0.1, -0.05) is 49.4 Å². The van der Waals surface area contributed by atoms with Crippen molar-refractivity contribution in [1.29, 1.82) is 0 Å². The van der Waals surface area contributed by atoms with Crippen molar-refractivity contribution in [2.45, 2.75) is 39.3 Å². The summed E-state index contributed by atoms with van der Waals surface area (Å²) in [6.45, 7) is 6.05. The number of ether oxygens (including phenoxy) is 1. The fraction of sp³-hybridized carbons (Fsp3) is 0.368. The van der Waals surface area contributed by atoms with Crippen molar-refractivity contribution in [3.63, 3.8) is 0 Å². The average molecular weight is 347 g/mol. The molecule has 1 unspecified atom stereocenters. The molecule has 0 heterocycles. The third-order valence-corrected chi connectivity index (χ3v) is 5.27. The maximum absolute atomic E-state index is 10.1. The molecular formula is C19H26NO3P. The molecule has 0 spiro atoms. The quantitative estimate of drug-likeness (QED) is 0.735. The summed E-state index contributed by atoms with van der Waals surface area (Å²) < 4.78 is 7.30. The van der Waals surface area contributed by atoms with Gasteiger partial charge in [-0.25, -0.2) is 4.67 Å². The Morgan fingerprint density at radius 1 is 1.00 bits per heavy atom. The third-order valence-electron chi connectivity index (χ3n) is 4.16. The second-order valence-corrected chi connectivity index (χ2v) is 6.94. The van der Waals surface area contributed by atoms with Crippen LogP contribution in [-0.2, 0) is 6.42 Å². The van der Waals surface area contributed by atoms with Gasteiger partial charge >= 0.3 is 0 Å². The summed E-state index contributed by atoms with van der Waals surface area (Å²) in [4.78, 5) is 20.2. The van der Waals surface area contributed by atoms with Gasteiger partial charge in [0.1, 0.15) is 5.75 Å². The molecule has 0 saturated carbocycles. The number of para-hydroxylation sites is 1. The monoisotopic (exact) mass is 347 g/mol. The van der Waals surface area contributed by atoms with Gasteiger partial charge in [0, 0.05) is 11.6 Å². The summed E-state index contributed by atoms with van der Waals surface area (Å²) in [5.74, 6) is 0.746. The molecule has 2 aromatic carbocycles. The fourth-order valence-electron chi connectivity index (χ4n) is 3.08. The maximum atomic E-state index is 10.1. The molecule has 5 heteroatoms. The molecule has 0 bridgehead atoms. The van der Waals surface area contributed by atoms with Crippen LogP contribution in [0.1, 0.15) is 43.5 Å². The lowest BCUT2D eigenvalue weighted by molar-refractivity contribution is 0.257. The van der Waals surface area contributed by atoms with Gasteiger partial charge in [0.15, 0.2) is 0 Å². The lowest BCUT2D eigenvalue weighted by Gasteiger charge is -2.36.